The minimum absolute atomic E-state index is 0.0325. The van der Waals surface area contributed by atoms with Gasteiger partial charge in [0, 0.05) is 31.4 Å². The second kappa shape index (κ2) is 13.7. The highest BCUT2D eigenvalue weighted by Crippen LogP contribution is 2.37. The van der Waals surface area contributed by atoms with Crippen molar-refractivity contribution in [1.29, 1.82) is 0 Å². The number of hydrogen-bond donors (Lipinski definition) is 2. The number of halogens is 1. The largest absolute Gasteiger partial charge is 0.497 e. The van der Waals surface area contributed by atoms with Crippen LogP contribution < -0.4 is 35.6 Å². The van der Waals surface area contributed by atoms with Gasteiger partial charge in [-0.3, -0.25) is 14.5 Å². The summed E-state index contributed by atoms with van der Waals surface area (Å²) >= 11 is 0. The van der Waals surface area contributed by atoms with Crippen LogP contribution in [-0.2, 0) is 4.79 Å². The van der Waals surface area contributed by atoms with E-state index in [-0.39, 0.29) is 17.4 Å². The fraction of sp³-hybridized carbons (Fsp3) is 0.353. The third-order valence-electron chi connectivity index (χ3n) is 8.76. The van der Waals surface area contributed by atoms with Gasteiger partial charge in [0.25, 0.3) is 5.56 Å². The lowest BCUT2D eigenvalue weighted by Gasteiger charge is -2.39. The van der Waals surface area contributed by atoms with Crippen molar-refractivity contribution in [2.24, 2.45) is 5.92 Å². The summed E-state index contributed by atoms with van der Waals surface area (Å²) in [6.45, 7) is 5.00. The van der Waals surface area contributed by atoms with E-state index in [1.54, 1.807) is 54.1 Å². The number of fused-ring (bicyclic) bond motifs is 1. The first-order valence-corrected chi connectivity index (χ1v) is 15.6. The van der Waals surface area contributed by atoms with Crippen LogP contribution in [0.4, 0.5) is 20.6 Å². The van der Waals surface area contributed by atoms with E-state index in [1.807, 2.05) is 9.91 Å². The summed E-state index contributed by atoms with van der Waals surface area (Å²) in [6, 6.07) is 16.2. The van der Waals surface area contributed by atoms with E-state index in [2.05, 4.69) is 10.6 Å². The number of carbonyl (C=O) groups is 2. The van der Waals surface area contributed by atoms with Crippen LogP contribution in [0.3, 0.4) is 0 Å². The lowest BCUT2D eigenvalue weighted by atomic mass is 10.1. The number of hydrogen-bond acceptors (Lipinski definition) is 8. The van der Waals surface area contributed by atoms with E-state index in [9.17, 15) is 18.8 Å². The van der Waals surface area contributed by atoms with Gasteiger partial charge in [0.1, 0.15) is 17.3 Å². The van der Waals surface area contributed by atoms with Crippen molar-refractivity contribution in [1.82, 2.24) is 19.9 Å². The van der Waals surface area contributed by atoms with Crippen LogP contribution in [0.5, 0.6) is 11.5 Å². The van der Waals surface area contributed by atoms with Crippen molar-refractivity contribution >= 4 is 34.2 Å². The molecule has 13 heteroatoms. The number of benzene rings is 3. The minimum Gasteiger partial charge on any atom is -0.497 e. The smallest absolute Gasteiger partial charge is 0.327 e. The molecule has 2 aliphatic heterocycles. The van der Waals surface area contributed by atoms with Crippen molar-refractivity contribution in [3.05, 3.63) is 88.7 Å². The van der Waals surface area contributed by atoms with E-state index in [1.165, 1.54) is 43.4 Å². The molecule has 4 aromatic rings. The molecule has 0 bridgehead atoms. The maximum Gasteiger partial charge on any atom is 0.327 e. The van der Waals surface area contributed by atoms with Crippen LogP contribution >= 0.6 is 0 Å². The number of ether oxygens (including phenoxy) is 2. The molecule has 2 atom stereocenters. The van der Waals surface area contributed by atoms with Gasteiger partial charge in [-0.1, -0.05) is 12.1 Å². The Hall–Kier alpha value is -5.17. The number of carbonyl (C=O) groups excluding carboxylic acids is 2. The molecule has 2 N–H and O–H groups in total. The molecular formula is C34H38FN7O5. The zero-order valence-corrected chi connectivity index (χ0v) is 26.6. The number of nitrogens with one attached hydrogen (secondary N) is 2. The van der Waals surface area contributed by atoms with Gasteiger partial charge < -0.3 is 30.0 Å². The Morgan fingerprint density at radius 2 is 1.77 bits per heavy atom. The molecule has 2 saturated heterocycles. The molecule has 3 heterocycles. The average Bonchev–Trinajstić information content (AvgIpc) is 3.64. The van der Waals surface area contributed by atoms with Gasteiger partial charge in [-0.15, -0.1) is 0 Å². The Balaban J connectivity index is 1.42. The Morgan fingerprint density at radius 1 is 1.02 bits per heavy atom. The van der Waals surface area contributed by atoms with Gasteiger partial charge in [-0.2, -0.15) is 0 Å². The number of piperazine rings is 1. The molecule has 12 nitrogen and oxygen atoms in total. The normalized spacial score (nSPS) is 17.0. The highest BCUT2D eigenvalue weighted by Gasteiger charge is 2.34. The molecular weight excluding hydrogens is 605 g/mol. The van der Waals surface area contributed by atoms with Crippen LogP contribution in [0.25, 0.3) is 10.9 Å². The van der Waals surface area contributed by atoms with Gasteiger partial charge in [0.15, 0.2) is 5.82 Å². The monoisotopic (exact) mass is 643 g/mol. The van der Waals surface area contributed by atoms with Gasteiger partial charge in [0.05, 0.1) is 55.9 Å². The van der Waals surface area contributed by atoms with E-state index in [0.717, 1.165) is 13.0 Å². The SMILES string of the molecule is COc1ccc(N(C(=O)Nc2ccc(F)cc2)C(C)c2nc3ccccc3c(=O)n2N2CCN(C(=O)C3CCNC3)CC2)c(OC)c1. The molecule has 0 radical (unpaired) electrons. The number of amides is 3. The summed E-state index contributed by atoms with van der Waals surface area (Å²) in [5, 5.41) is 8.43. The fourth-order valence-corrected chi connectivity index (χ4v) is 6.23. The Kier molecular flexibility index (Phi) is 9.25. The number of urea groups is 1. The quantitative estimate of drug-likeness (QED) is 0.298. The van der Waals surface area contributed by atoms with Gasteiger partial charge in [0.2, 0.25) is 5.91 Å². The Bertz CT molecular complexity index is 1820. The number of aromatic nitrogens is 2. The number of methoxy groups -OCH3 is 2. The summed E-state index contributed by atoms with van der Waals surface area (Å²) in [7, 11) is 3.03. The van der Waals surface area contributed by atoms with E-state index >= 15 is 0 Å². The van der Waals surface area contributed by atoms with Crippen LogP contribution in [0.15, 0.2) is 71.5 Å². The average molecular weight is 644 g/mol. The van der Waals surface area contributed by atoms with E-state index in [4.69, 9.17) is 14.5 Å². The lowest BCUT2D eigenvalue weighted by molar-refractivity contribution is -0.135. The molecule has 2 aliphatic rings. The molecule has 0 aliphatic carbocycles. The second-order valence-corrected chi connectivity index (χ2v) is 11.6. The molecule has 47 heavy (non-hydrogen) atoms. The number of rotatable bonds is 8. The Morgan fingerprint density at radius 3 is 2.45 bits per heavy atom. The van der Waals surface area contributed by atoms with Gasteiger partial charge >= 0.3 is 6.03 Å². The van der Waals surface area contributed by atoms with E-state index in [0.29, 0.717) is 72.3 Å². The summed E-state index contributed by atoms with van der Waals surface area (Å²) < 4.78 is 26.3. The third-order valence-corrected chi connectivity index (χ3v) is 8.76. The van der Waals surface area contributed by atoms with Crippen molar-refractivity contribution < 1.29 is 23.5 Å². The topological polar surface area (TPSA) is 121 Å². The predicted octanol–water partition coefficient (Wildman–Crippen LogP) is 3.74. The molecule has 0 spiro atoms. The van der Waals surface area contributed by atoms with Crippen molar-refractivity contribution in [3.8, 4) is 11.5 Å². The number of anilines is 2. The number of nitrogens with zero attached hydrogens (tertiary/aromatic N) is 5. The standard InChI is InChI=1S/C34H38FN7O5/c1-22(41(29-13-12-26(46-2)20-30(29)47-3)34(45)37-25-10-8-24(35)9-11-25)31-38-28-7-5-4-6-27(28)33(44)42(31)40-18-16-39(17-19-40)32(43)23-14-15-36-21-23/h4-13,20,22-23,36H,14-19,21H2,1-3H3,(H,37,45). The summed E-state index contributed by atoms with van der Waals surface area (Å²) in [5.74, 6) is 0.862. The summed E-state index contributed by atoms with van der Waals surface area (Å²) in [4.78, 5) is 49.8. The van der Waals surface area contributed by atoms with Crippen LogP contribution in [-0.4, -0.2) is 80.0 Å². The van der Waals surface area contributed by atoms with Crippen molar-refractivity contribution in [2.45, 2.75) is 19.4 Å². The fourth-order valence-electron chi connectivity index (χ4n) is 6.23. The lowest BCUT2D eigenvalue weighted by Crippen LogP contribution is -2.57. The van der Waals surface area contributed by atoms with Crippen molar-refractivity contribution in [3.63, 3.8) is 0 Å². The highest BCUT2D eigenvalue weighted by atomic mass is 19.1. The van der Waals surface area contributed by atoms with Crippen LogP contribution in [0.1, 0.15) is 25.2 Å². The van der Waals surface area contributed by atoms with Crippen molar-refractivity contribution in [2.75, 3.05) is 68.7 Å². The maximum atomic E-state index is 14.2. The van der Waals surface area contributed by atoms with Gasteiger partial charge in [-0.05, 0) is 68.4 Å². The molecule has 2 fully saturated rings. The zero-order valence-electron chi connectivity index (χ0n) is 26.6. The molecule has 0 saturated carbocycles. The number of para-hydroxylation sites is 1. The zero-order chi connectivity index (χ0) is 33.1. The molecule has 246 valence electrons. The van der Waals surface area contributed by atoms with Crippen LogP contribution in [0, 0.1) is 11.7 Å². The van der Waals surface area contributed by atoms with E-state index < -0.39 is 17.9 Å². The molecule has 6 rings (SSSR count). The first kappa shape index (κ1) is 31.8. The maximum absolute atomic E-state index is 14.2. The van der Waals surface area contributed by atoms with Crippen LogP contribution in [0.2, 0.25) is 0 Å². The molecule has 2 unspecified atom stereocenters. The highest BCUT2D eigenvalue weighted by molar-refractivity contribution is 6.03. The predicted molar refractivity (Wildman–Crippen MR) is 177 cm³/mol. The first-order chi connectivity index (χ1) is 22.8. The second-order valence-electron chi connectivity index (χ2n) is 11.6. The third kappa shape index (κ3) is 6.43. The molecule has 3 amide bonds. The molecule has 3 aromatic carbocycles. The molecule has 1 aromatic heterocycles. The first-order valence-electron chi connectivity index (χ1n) is 15.6. The Labute approximate surface area is 271 Å². The van der Waals surface area contributed by atoms with Gasteiger partial charge in [-0.25, -0.2) is 18.8 Å². The summed E-state index contributed by atoms with van der Waals surface area (Å²) in [6.07, 6.45) is 0.819. The minimum atomic E-state index is -0.820. The summed E-state index contributed by atoms with van der Waals surface area (Å²) in [5.41, 5.74) is 0.981.